The zero-order chi connectivity index (χ0) is 17.5. The summed E-state index contributed by atoms with van der Waals surface area (Å²) < 4.78 is 0. The van der Waals surface area contributed by atoms with E-state index in [0.29, 0.717) is 0 Å². The molecule has 0 aliphatic carbocycles. The molecule has 124 valence electrons. The van der Waals surface area contributed by atoms with Gasteiger partial charge in [0.15, 0.2) is 0 Å². The molecule has 0 bridgehead atoms. The summed E-state index contributed by atoms with van der Waals surface area (Å²) in [5.41, 5.74) is 1.77. The molecule has 0 saturated heterocycles. The van der Waals surface area contributed by atoms with E-state index in [1.165, 1.54) is 0 Å². The number of thiol groups is 1. The van der Waals surface area contributed by atoms with E-state index >= 15 is 0 Å². The molecule has 0 fully saturated rings. The van der Waals surface area contributed by atoms with Crippen molar-refractivity contribution < 1.29 is 9.63 Å². The number of carbonyl (C=O) groups is 1. The third-order valence-corrected chi connectivity index (χ3v) is 4.01. The second-order valence-electron chi connectivity index (χ2n) is 5.44. The fourth-order valence-electron chi connectivity index (χ4n) is 2.83. The summed E-state index contributed by atoms with van der Waals surface area (Å²) in [6.07, 6.45) is 1.06. The standard InChI is InChI=1S/C21H17NO2S/c23-20(25)16-22-24-21(17-10-4-1-5-11-17,18-12-6-2-7-13-18)19-14-8-3-9-15-19/h1-16H,(H,23,25)/b22-16-. The van der Waals surface area contributed by atoms with Crippen LogP contribution in [0.1, 0.15) is 16.7 Å². The van der Waals surface area contributed by atoms with Gasteiger partial charge in [0, 0.05) is 16.7 Å². The average Bonchev–Trinajstić information content (AvgIpc) is 2.67. The van der Waals surface area contributed by atoms with E-state index in [9.17, 15) is 4.79 Å². The van der Waals surface area contributed by atoms with E-state index in [4.69, 9.17) is 4.84 Å². The highest BCUT2D eigenvalue weighted by atomic mass is 32.1. The zero-order valence-corrected chi connectivity index (χ0v) is 14.3. The first-order valence-electron chi connectivity index (χ1n) is 7.84. The van der Waals surface area contributed by atoms with Crippen molar-refractivity contribution in [3.8, 4) is 0 Å². The number of nitrogens with zero attached hydrogens (tertiary/aromatic N) is 1. The highest BCUT2D eigenvalue weighted by Gasteiger charge is 2.39. The van der Waals surface area contributed by atoms with Crippen LogP contribution in [0.25, 0.3) is 0 Å². The van der Waals surface area contributed by atoms with Crippen molar-refractivity contribution in [2.24, 2.45) is 5.16 Å². The maximum atomic E-state index is 11.2. The number of benzene rings is 3. The zero-order valence-electron chi connectivity index (χ0n) is 13.4. The van der Waals surface area contributed by atoms with E-state index in [1.54, 1.807) is 0 Å². The van der Waals surface area contributed by atoms with Crippen LogP contribution in [0.15, 0.2) is 96.2 Å². The molecule has 0 atom stereocenters. The second kappa shape index (κ2) is 7.81. The van der Waals surface area contributed by atoms with Crippen molar-refractivity contribution in [3.63, 3.8) is 0 Å². The molecule has 0 unspecified atom stereocenters. The Hall–Kier alpha value is -2.85. The van der Waals surface area contributed by atoms with Gasteiger partial charge in [-0.1, -0.05) is 109 Å². The monoisotopic (exact) mass is 347 g/mol. The second-order valence-corrected chi connectivity index (χ2v) is 5.88. The van der Waals surface area contributed by atoms with Gasteiger partial charge in [-0.05, 0) is 0 Å². The van der Waals surface area contributed by atoms with Crippen LogP contribution < -0.4 is 0 Å². The normalized spacial score (nSPS) is 11.4. The molecular formula is C21H17NO2S. The van der Waals surface area contributed by atoms with E-state index in [-0.39, 0.29) is 0 Å². The van der Waals surface area contributed by atoms with Gasteiger partial charge in [0.1, 0.15) is 6.21 Å². The first-order chi connectivity index (χ1) is 12.2. The third-order valence-electron chi connectivity index (χ3n) is 3.89. The van der Waals surface area contributed by atoms with Gasteiger partial charge in [0.25, 0.3) is 0 Å². The summed E-state index contributed by atoms with van der Waals surface area (Å²) in [6, 6.07) is 29.5. The third kappa shape index (κ3) is 3.64. The SMILES string of the molecule is O=C(S)/C=N\OC(c1ccccc1)(c1ccccc1)c1ccccc1. The van der Waals surface area contributed by atoms with Crippen molar-refractivity contribution in [1.82, 2.24) is 0 Å². The summed E-state index contributed by atoms with van der Waals surface area (Å²) >= 11 is 3.72. The molecule has 0 amide bonds. The van der Waals surface area contributed by atoms with Crippen molar-refractivity contribution >= 4 is 24.0 Å². The number of rotatable bonds is 6. The van der Waals surface area contributed by atoms with Gasteiger partial charge in [-0.3, -0.25) is 4.79 Å². The lowest BCUT2D eigenvalue weighted by Gasteiger charge is -2.33. The molecule has 3 aromatic rings. The molecule has 3 nitrogen and oxygen atoms in total. The summed E-state index contributed by atoms with van der Waals surface area (Å²) in [4.78, 5) is 17.2. The Morgan fingerprint density at radius 3 is 1.44 bits per heavy atom. The highest BCUT2D eigenvalue weighted by molar-refractivity contribution is 7.98. The molecule has 0 aliphatic heterocycles. The summed E-state index contributed by atoms with van der Waals surface area (Å²) in [5, 5.41) is 3.45. The Bertz CT molecular complexity index is 752. The highest BCUT2D eigenvalue weighted by Crippen LogP contribution is 2.40. The molecule has 0 radical (unpaired) electrons. The molecular weight excluding hydrogens is 330 g/mol. The summed E-state index contributed by atoms with van der Waals surface area (Å²) in [6.45, 7) is 0. The minimum atomic E-state index is -0.969. The Kier molecular flexibility index (Phi) is 5.31. The Labute approximate surface area is 152 Å². The minimum Gasteiger partial charge on any atom is -0.374 e. The molecule has 4 heteroatoms. The van der Waals surface area contributed by atoms with E-state index in [0.717, 1.165) is 22.9 Å². The molecule has 0 spiro atoms. The van der Waals surface area contributed by atoms with Crippen LogP contribution >= 0.6 is 12.6 Å². The van der Waals surface area contributed by atoms with E-state index < -0.39 is 10.7 Å². The largest absolute Gasteiger partial charge is 0.374 e. The first-order valence-corrected chi connectivity index (χ1v) is 8.29. The maximum Gasteiger partial charge on any atom is 0.230 e. The van der Waals surface area contributed by atoms with Gasteiger partial charge in [-0.25, -0.2) is 0 Å². The fraction of sp³-hybridized carbons (Fsp3) is 0.0476. The molecule has 0 aromatic heterocycles. The Balaban J connectivity index is 2.25. The number of oxime groups is 1. The summed E-state index contributed by atoms with van der Waals surface area (Å²) in [5.74, 6) is 0. The van der Waals surface area contributed by atoms with Gasteiger partial charge in [0.2, 0.25) is 10.7 Å². The van der Waals surface area contributed by atoms with Gasteiger partial charge < -0.3 is 4.84 Å². The topological polar surface area (TPSA) is 38.7 Å². The molecule has 0 N–H and O–H groups in total. The quantitative estimate of drug-likeness (QED) is 0.310. The lowest BCUT2D eigenvalue weighted by molar-refractivity contribution is -0.105. The lowest BCUT2D eigenvalue weighted by Crippen LogP contribution is -2.31. The number of hydrogen-bond donors (Lipinski definition) is 1. The number of carbonyl (C=O) groups excluding carboxylic acids is 1. The van der Waals surface area contributed by atoms with Crippen LogP contribution in [0, 0.1) is 0 Å². The van der Waals surface area contributed by atoms with Crippen molar-refractivity contribution in [3.05, 3.63) is 108 Å². The summed E-state index contributed by atoms with van der Waals surface area (Å²) in [7, 11) is 0. The molecule has 3 aromatic carbocycles. The molecule has 25 heavy (non-hydrogen) atoms. The van der Waals surface area contributed by atoms with Crippen LogP contribution in [0.5, 0.6) is 0 Å². The van der Waals surface area contributed by atoms with E-state index in [1.807, 2.05) is 91.0 Å². The Morgan fingerprint density at radius 2 is 1.12 bits per heavy atom. The molecule has 0 aliphatic rings. The Morgan fingerprint density at radius 1 is 0.760 bits per heavy atom. The predicted molar refractivity (Wildman–Crippen MR) is 103 cm³/mol. The molecule has 0 heterocycles. The maximum absolute atomic E-state index is 11.2. The van der Waals surface area contributed by atoms with Gasteiger partial charge >= 0.3 is 0 Å². The average molecular weight is 347 g/mol. The van der Waals surface area contributed by atoms with E-state index in [2.05, 4.69) is 17.8 Å². The molecule has 3 rings (SSSR count). The van der Waals surface area contributed by atoms with Crippen LogP contribution in [-0.2, 0) is 15.2 Å². The predicted octanol–water partition coefficient (Wildman–Crippen LogP) is 4.44. The van der Waals surface area contributed by atoms with Gasteiger partial charge in [-0.2, -0.15) is 0 Å². The fourth-order valence-corrected chi connectivity index (χ4v) is 2.87. The smallest absolute Gasteiger partial charge is 0.230 e. The molecule has 0 saturated carbocycles. The lowest BCUT2D eigenvalue weighted by atomic mass is 9.80. The van der Waals surface area contributed by atoms with Crippen molar-refractivity contribution in [1.29, 1.82) is 0 Å². The van der Waals surface area contributed by atoms with Gasteiger partial charge in [-0.15, -0.1) is 0 Å². The van der Waals surface area contributed by atoms with Crippen LogP contribution in [0.3, 0.4) is 0 Å². The van der Waals surface area contributed by atoms with Crippen molar-refractivity contribution in [2.75, 3.05) is 0 Å². The number of hydrogen-bond acceptors (Lipinski definition) is 3. The van der Waals surface area contributed by atoms with Crippen LogP contribution in [0.4, 0.5) is 0 Å². The van der Waals surface area contributed by atoms with Crippen molar-refractivity contribution in [2.45, 2.75) is 5.60 Å². The van der Waals surface area contributed by atoms with Crippen LogP contribution in [-0.4, -0.2) is 11.3 Å². The van der Waals surface area contributed by atoms with Gasteiger partial charge in [0.05, 0.1) is 0 Å². The van der Waals surface area contributed by atoms with Crippen LogP contribution in [0.2, 0.25) is 0 Å². The minimum absolute atomic E-state index is 0.469. The first kappa shape index (κ1) is 17.0.